The van der Waals surface area contributed by atoms with Crippen LogP contribution in [0.4, 0.5) is 0 Å². The number of hydrogen-bond acceptors (Lipinski definition) is 4. The summed E-state index contributed by atoms with van der Waals surface area (Å²) in [6.45, 7) is 2.20. The van der Waals surface area contributed by atoms with Gasteiger partial charge in [-0.05, 0) is 30.2 Å². The Morgan fingerprint density at radius 1 is 1.00 bits per heavy atom. The van der Waals surface area contributed by atoms with Crippen molar-refractivity contribution in [1.29, 1.82) is 0 Å². The van der Waals surface area contributed by atoms with Gasteiger partial charge in [0.15, 0.2) is 0 Å². The Labute approximate surface area is 153 Å². The first-order chi connectivity index (χ1) is 12.8. The number of ether oxygens (including phenoxy) is 1. The minimum Gasteiger partial charge on any atom is -0.468 e. The molecule has 3 aromatic rings. The molecular weight excluding hydrogens is 326 g/mol. The van der Waals surface area contributed by atoms with Gasteiger partial charge >= 0.3 is 5.97 Å². The molecule has 0 radical (unpaired) electrons. The highest BCUT2D eigenvalue weighted by molar-refractivity contribution is 5.81. The summed E-state index contributed by atoms with van der Waals surface area (Å²) in [7, 11) is 0. The predicted molar refractivity (Wildman–Crippen MR) is 98.4 cm³/mol. The molecule has 2 heterocycles. The lowest BCUT2D eigenvalue weighted by Crippen LogP contribution is -2.20. The maximum Gasteiger partial charge on any atom is 0.325 e. The molecular formula is C22H21NO3. The van der Waals surface area contributed by atoms with E-state index < -0.39 is 0 Å². The Balaban J connectivity index is 1.75. The summed E-state index contributed by atoms with van der Waals surface area (Å²) in [5.74, 6) is 0.589. The van der Waals surface area contributed by atoms with Crippen molar-refractivity contribution >= 4 is 5.97 Å². The van der Waals surface area contributed by atoms with Crippen molar-refractivity contribution in [2.75, 3.05) is 6.61 Å². The van der Waals surface area contributed by atoms with Crippen LogP contribution in [0.15, 0.2) is 83.5 Å². The van der Waals surface area contributed by atoms with Gasteiger partial charge in [-0.2, -0.15) is 0 Å². The van der Waals surface area contributed by atoms with Crippen LogP contribution in [-0.4, -0.2) is 23.5 Å². The number of rotatable bonds is 6. The van der Waals surface area contributed by atoms with Crippen molar-refractivity contribution in [3.63, 3.8) is 0 Å². The van der Waals surface area contributed by atoms with Gasteiger partial charge < -0.3 is 9.15 Å². The maximum absolute atomic E-state index is 12.6. The molecule has 0 spiro atoms. The third-order valence-electron chi connectivity index (χ3n) is 4.74. The van der Waals surface area contributed by atoms with Crippen molar-refractivity contribution < 1.29 is 13.9 Å². The molecule has 0 N–H and O–H groups in total. The molecule has 4 heteroatoms. The van der Waals surface area contributed by atoms with Gasteiger partial charge in [0, 0.05) is 0 Å². The Hall–Kier alpha value is -2.85. The number of hydrogen-bond donors (Lipinski definition) is 0. The van der Waals surface area contributed by atoms with Crippen LogP contribution >= 0.6 is 0 Å². The van der Waals surface area contributed by atoms with Gasteiger partial charge in [-0.1, -0.05) is 60.7 Å². The molecule has 132 valence electrons. The minimum atomic E-state index is -0.341. The molecule has 0 saturated carbocycles. The van der Waals surface area contributed by atoms with Crippen LogP contribution in [0.3, 0.4) is 0 Å². The standard InChI is InChI=1S/C22H21NO3/c1-2-25-22(24)21-20(18-14-9-15-26-18)23(21)19(16-10-5-3-6-11-16)17-12-7-4-8-13-17/h3-15,19-21H,2H2,1H3/t20-,21-,23?/m0/s1. The van der Waals surface area contributed by atoms with Gasteiger partial charge in [-0.3, -0.25) is 9.69 Å². The lowest BCUT2D eigenvalue weighted by atomic mass is 9.98. The monoisotopic (exact) mass is 347 g/mol. The van der Waals surface area contributed by atoms with Crippen LogP contribution in [0.2, 0.25) is 0 Å². The summed E-state index contributed by atoms with van der Waals surface area (Å²) in [4.78, 5) is 14.8. The van der Waals surface area contributed by atoms with Crippen molar-refractivity contribution in [3.05, 3.63) is 95.9 Å². The zero-order valence-electron chi connectivity index (χ0n) is 14.6. The fraction of sp³-hybridized carbons (Fsp3) is 0.227. The second-order valence-corrected chi connectivity index (χ2v) is 6.33. The fourth-order valence-corrected chi connectivity index (χ4v) is 3.62. The van der Waals surface area contributed by atoms with Crippen LogP contribution in [0.5, 0.6) is 0 Å². The number of benzene rings is 2. The highest BCUT2D eigenvalue weighted by Gasteiger charge is 2.59. The van der Waals surface area contributed by atoms with Crippen molar-refractivity contribution in [2.24, 2.45) is 0 Å². The highest BCUT2D eigenvalue weighted by atomic mass is 16.5. The molecule has 1 fully saturated rings. The minimum absolute atomic E-state index is 0.0399. The second-order valence-electron chi connectivity index (χ2n) is 6.33. The number of carbonyl (C=O) groups excluding carboxylic acids is 1. The van der Waals surface area contributed by atoms with Crippen molar-refractivity contribution in [2.45, 2.75) is 25.0 Å². The summed E-state index contributed by atoms with van der Waals surface area (Å²) < 4.78 is 10.9. The molecule has 4 rings (SSSR count). The van der Waals surface area contributed by atoms with E-state index in [0.717, 1.165) is 16.9 Å². The zero-order valence-corrected chi connectivity index (χ0v) is 14.6. The van der Waals surface area contributed by atoms with E-state index in [-0.39, 0.29) is 24.1 Å². The first kappa shape index (κ1) is 16.6. The molecule has 4 nitrogen and oxygen atoms in total. The molecule has 1 aliphatic rings. The molecule has 0 amide bonds. The summed E-state index contributed by atoms with van der Waals surface area (Å²) in [6.07, 6.45) is 1.65. The van der Waals surface area contributed by atoms with Crippen LogP contribution in [0, 0.1) is 0 Å². The first-order valence-electron chi connectivity index (χ1n) is 8.88. The van der Waals surface area contributed by atoms with Gasteiger partial charge in [0.25, 0.3) is 0 Å². The highest BCUT2D eigenvalue weighted by Crippen LogP contribution is 2.52. The van der Waals surface area contributed by atoms with Crippen LogP contribution in [-0.2, 0) is 9.53 Å². The summed E-state index contributed by atoms with van der Waals surface area (Å²) in [6, 6.07) is 23.8. The van der Waals surface area contributed by atoms with E-state index in [0.29, 0.717) is 6.61 Å². The van der Waals surface area contributed by atoms with E-state index in [4.69, 9.17) is 9.15 Å². The third-order valence-corrected chi connectivity index (χ3v) is 4.74. The molecule has 26 heavy (non-hydrogen) atoms. The summed E-state index contributed by atoms with van der Waals surface area (Å²) >= 11 is 0. The Bertz CT molecular complexity index is 806. The number of nitrogens with zero attached hydrogens (tertiary/aromatic N) is 1. The molecule has 1 aromatic heterocycles. The second kappa shape index (κ2) is 7.18. The van der Waals surface area contributed by atoms with E-state index in [1.807, 2.05) is 55.5 Å². The normalized spacial score (nSPS) is 21.5. The molecule has 1 unspecified atom stereocenters. The maximum atomic E-state index is 12.6. The lowest BCUT2D eigenvalue weighted by molar-refractivity contribution is -0.143. The molecule has 3 atom stereocenters. The Kier molecular flexibility index (Phi) is 4.59. The van der Waals surface area contributed by atoms with Gasteiger partial charge in [-0.25, -0.2) is 0 Å². The van der Waals surface area contributed by atoms with Crippen molar-refractivity contribution in [1.82, 2.24) is 4.90 Å². The summed E-state index contributed by atoms with van der Waals surface area (Å²) in [5, 5.41) is 0. The van der Waals surface area contributed by atoms with Gasteiger partial charge in [-0.15, -0.1) is 0 Å². The smallest absolute Gasteiger partial charge is 0.325 e. The van der Waals surface area contributed by atoms with E-state index in [1.54, 1.807) is 6.26 Å². The quantitative estimate of drug-likeness (QED) is 0.491. The van der Waals surface area contributed by atoms with E-state index in [1.165, 1.54) is 0 Å². The van der Waals surface area contributed by atoms with E-state index in [2.05, 4.69) is 29.2 Å². The van der Waals surface area contributed by atoms with Crippen LogP contribution in [0.1, 0.15) is 35.9 Å². The van der Waals surface area contributed by atoms with E-state index >= 15 is 0 Å². The average molecular weight is 347 g/mol. The molecule has 1 aliphatic heterocycles. The molecule has 2 aromatic carbocycles. The largest absolute Gasteiger partial charge is 0.468 e. The van der Waals surface area contributed by atoms with Crippen LogP contribution in [0.25, 0.3) is 0 Å². The average Bonchev–Trinajstić information content (AvgIpc) is 3.15. The fourth-order valence-electron chi connectivity index (χ4n) is 3.62. The van der Waals surface area contributed by atoms with Crippen molar-refractivity contribution in [3.8, 4) is 0 Å². The zero-order chi connectivity index (χ0) is 17.9. The lowest BCUT2D eigenvalue weighted by Gasteiger charge is -2.21. The first-order valence-corrected chi connectivity index (χ1v) is 8.88. The summed E-state index contributed by atoms with van der Waals surface area (Å²) in [5.41, 5.74) is 2.28. The van der Waals surface area contributed by atoms with Gasteiger partial charge in [0.1, 0.15) is 11.8 Å². The third kappa shape index (κ3) is 3.04. The van der Waals surface area contributed by atoms with Gasteiger partial charge in [0.2, 0.25) is 0 Å². The molecule has 1 saturated heterocycles. The predicted octanol–water partition coefficient (Wildman–Crippen LogP) is 4.36. The Morgan fingerprint density at radius 2 is 1.62 bits per heavy atom. The SMILES string of the molecule is CCOC(=O)[C@@H]1[C@H](c2ccco2)N1C(c1ccccc1)c1ccccc1. The molecule has 0 bridgehead atoms. The van der Waals surface area contributed by atoms with E-state index in [9.17, 15) is 4.79 Å². The topological polar surface area (TPSA) is 42.4 Å². The number of furan rings is 1. The molecule has 0 aliphatic carbocycles. The number of carbonyl (C=O) groups is 1. The Morgan fingerprint density at radius 3 is 2.12 bits per heavy atom. The number of esters is 1. The van der Waals surface area contributed by atoms with Crippen LogP contribution < -0.4 is 0 Å². The van der Waals surface area contributed by atoms with Gasteiger partial charge in [0.05, 0.1) is 25.0 Å².